The van der Waals surface area contributed by atoms with Crippen LogP contribution in [0.15, 0.2) is 84.3 Å². The molecular formula is C27H45N5. The molecule has 0 amide bonds. The molecule has 0 aromatic heterocycles. The highest BCUT2D eigenvalue weighted by atomic mass is 15.2. The van der Waals surface area contributed by atoms with Crippen molar-refractivity contribution in [2.75, 3.05) is 20.6 Å². The Balaban J connectivity index is 2.94. The van der Waals surface area contributed by atoms with Gasteiger partial charge in [-0.15, -0.1) is 0 Å². The van der Waals surface area contributed by atoms with Gasteiger partial charge in [0, 0.05) is 42.8 Å². The van der Waals surface area contributed by atoms with Crippen LogP contribution in [0.25, 0.3) is 0 Å². The second kappa shape index (κ2) is 12.9. The van der Waals surface area contributed by atoms with E-state index in [1.54, 1.807) is 0 Å². The van der Waals surface area contributed by atoms with Crippen molar-refractivity contribution in [3.05, 3.63) is 84.3 Å². The van der Waals surface area contributed by atoms with Crippen LogP contribution in [0.4, 0.5) is 0 Å². The summed E-state index contributed by atoms with van der Waals surface area (Å²) in [5.41, 5.74) is 11.8. The third-order valence-corrected chi connectivity index (χ3v) is 5.93. The molecule has 1 unspecified atom stereocenters. The number of hydrogen-bond acceptors (Lipinski definition) is 5. The van der Waals surface area contributed by atoms with E-state index in [1.807, 2.05) is 13.2 Å². The van der Waals surface area contributed by atoms with Gasteiger partial charge in [-0.05, 0) is 38.2 Å². The van der Waals surface area contributed by atoms with Crippen LogP contribution in [-0.2, 0) is 0 Å². The largest absolute Gasteiger partial charge is 0.401 e. The van der Waals surface area contributed by atoms with Crippen molar-refractivity contribution < 1.29 is 0 Å². The third-order valence-electron chi connectivity index (χ3n) is 5.93. The van der Waals surface area contributed by atoms with Gasteiger partial charge in [0.1, 0.15) is 0 Å². The Labute approximate surface area is 196 Å². The predicted octanol–water partition coefficient (Wildman–Crippen LogP) is 5.03. The molecule has 0 radical (unpaired) electrons. The quantitative estimate of drug-likeness (QED) is 0.286. The SMILES string of the molecule is C=C(N)CN/C=C(\CCC(C)(C)C(=C)NC)NC(=C)C1=CCC(C(/C=C\C)=C/CC)N1C. The summed E-state index contributed by atoms with van der Waals surface area (Å²) in [6.07, 6.45) is 14.7. The minimum Gasteiger partial charge on any atom is -0.401 e. The van der Waals surface area contributed by atoms with E-state index >= 15 is 0 Å². The van der Waals surface area contributed by atoms with Crippen molar-refractivity contribution in [1.29, 1.82) is 0 Å². The zero-order valence-electron chi connectivity index (χ0n) is 21.1. The number of nitrogens with two attached hydrogens (primary N) is 1. The van der Waals surface area contributed by atoms with Gasteiger partial charge in [-0.25, -0.2) is 0 Å². The molecule has 1 rings (SSSR count). The van der Waals surface area contributed by atoms with Gasteiger partial charge >= 0.3 is 0 Å². The third kappa shape index (κ3) is 8.03. The molecule has 32 heavy (non-hydrogen) atoms. The lowest BCUT2D eigenvalue weighted by atomic mass is 9.84. The lowest BCUT2D eigenvalue weighted by Crippen LogP contribution is -2.31. The molecule has 0 aliphatic carbocycles. The minimum atomic E-state index is -0.0326. The van der Waals surface area contributed by atoms with Gasteiger partial charge < -0.3 is 26.6 Å². The van der Waals surface area contributed by atoms with E-state index in [4.69, 9.17) is 5.73 Å². The maximum atomic E-state index is 5.72. The van der Waals surface area contributed by atoms with E-state index in [-0.39, 0.29) is 5.41 Å². The Bertz CT molecular complexity index is 795. The molecule has 1 aliphatic rings. The Hall–Kier alpha value is -2.82. The molecule has 1 atom stereocenters. The maximum absolute atomic E-state index is 5.72. The van der Waals surface area contributed by atoms with Gasteiger partial charge in [-0.3, -0.25) is 0 Å². The number of allylic oxidation sites excluding steroid dienone is 4. The first-order valence-corrected chi connectivity index (χ1v) is 11.5. The number of likely N-dealkylation sites (N-methyl/N-ethyl adjacent to an activating group) is 1. The van der Waals surface area contributed by atoms with Gasteiger partial charge in [0.15, 0.2) is 0 Å². The smallest absolute Gasteiger partial charge is 0.0571 e. The molecule has 0 spiro atoms. The average Bonchev–Trinajstić information content (AvgIpc) is 3.12. The number of nitrogens with zero attached hydrogens (tertiary/aromatic N) is 1. The Morgan fingerprint density at radius 2 is 2.00 bits per heavy atom. The summed E-state index contributed by atoms with van der Waals surface area (Å²) in [6, 6.07) is 0.337. The second-order valence-corrected chi connectivity index (χ2v) is 8.99. The summed E-state index contributed by atoms with van der Waals surface area (Å²) >= 11 is 0. The highest BCUT2D eigenvalue weighted by Crippen LogP contribution is 2.32. The molecule has 0 fully saturated rings. The van der Waals surface area contributed by atoms with Gasteiger partial charge in [-0.1, -0.05) is 64.8 Å². The fraction of sp³-hybridized carbons (Fsp3) is 0.481. The molecular weight excluding hydrogens is 394 g/mol. The Morgan fingerprint density at radius 3 is 2.56 bits per heavy atom. The van der Waals surface area contributed by atoms with Crippen molar-refractivity contribution in [2.45, 2.75) is 59.4 Å². The lowest BCUT2D eigenvalue weighted by Gasteiger charge is -2.30. The molecule has 0 saturated heterocycles. The monoisotopic (exact) mass is 439 g/mol. The summed E-state index contributed by atoms with van der Waals surface area (Å²) in [5, 5.41) is 10.00. The van der Waals surface area contributed by atoms with E-state index < -0.39 is 0 Å². The summed E-state index contributed by atoms with van der Waals surface area (Å²) in [6.45, 7) is 21.5. The zero-order valence-corrected chi connectivity index (χ0v) is 21.1. The lowest BCUT2D eigenvalue weighted by molar-refractivity contribution is 0.375. The van der Waals surface area contributed by atoms with Gasteiger partial charge in [0.25, 0.3) is 0 Å². The van der Waals surface area contributed by atoms with Gasteiger partial charge in [0.05, 0.1) is 24.0 Å². The minimum absolute atomic E-state index is 0.0326. The molecule has 5 nitrogen and oxygen atoms in total. The van der Waals surface area contributed by atoms with Crippen LogP contribution in [0, 0.1) is 5.41 Å². The molecule has 1 heterocycles. The van der Waals surface area contributed by atoms with Crippen molar-refractivity contribution in [1.82, 2.24) is 20.9 Å². The molecule has 0 aromatic rings. The molecule has 0 aromatic carbocycles. The summed E-state index contributed by atoms with van der Waals surface area (Å²) in [7, 11) is 4.06. The van der Waals surface area contributed by atoms with Gasteiger partial charge in [0.2, 0.25) is 0 Å². The first kappa shape index (κ1) is 27.2. The Morgan fingerprint density at radius 1 is 1.31 bits per heavy atom. The summed E-state index contributed by atoms with van der Waals surface area (Å²) in [5.74, 6) is 0. The van der Waals surface area contributed by atoms with E-state index in [9.17, 15) is 0 Å². The van der Waals surface area contributed by atoms with E-state index in [0.29, 0.717) is 18.3 Å². The number of nitrogens with one attached hydrogen (secondary N) is 3. The van der Waals surface area contributed by atoms with Crippen LogP contribution in [0.3, 0.4) is 0 Å². The zero-order chi connectivity index (χ0) is 24.3. The highest BCUT2D eigenvalue weighted by Gasteiger charge is 2.27. The standard InChI is InChI=1S/C27H45N5/c1-10-12-23(13-11-2)26-15-14-25(32(26)9)21(4)31-24(19-30-18-20(3)28)16-17-27(6,7)22(5)29-8/h10,12-14,19,26,29-31H,3-5,11,15-18,28H2,1-2,6-9H3/b12-10-,23-13+,24-19+. The second-order valence-electron chi connectivity index (χ2n) is 8.99. The van der Waals surface area contributed by atoms with Crippen LogP contribution in [0.5, 0.6) is 0 Å². The van der Waals surface area contributed by atoms with Crippen molar-refractivity contribution >= 4 is 0 Å². The van der Waals surface area contributed by atoms with E-state index in [1.165, 1.54) is 5.57 Å². The van der Waals surface area contributed by atoms with E-state index in [2.05, 4.69) is 99.6 Å². The van der Waals surface area contributed by atoms with Gasteiger partial charge in [-0.2, -0.15) is 0 Å². The molecule has 1 aliphatic heterocycles. The van der Waals surface area contributed by atoms with Crippen LogP contribution >= 0.6 is 0 Å². The van der Waals surface area contributed by atoms with Crippen LogP contribution in [0.2, 0.25) is 0 Å². The predicted molar refractivity (Wildman–Crippen MR) is 140 cm³/mol. The first-order chi connectivity index (χ1) is 15.1. The first-order valence-electron chi connectivity index (χ1n) is 11.5. The maximum Gasteiger partial charge on any atom is 0.0571 e. The molecule has 0 bridgehead atoms. The van der Waals surface area contributed by atoms with Crippen molar-refractivity contribution in [3.8, 4) is 0 Å². The fourth-order valence-electron chi connectivity index (χ4n) is 3.80. The summed E-state index contributed by atoms with van der Waals surface area (Å²) in [4.78, 5) is 2.32. The van der Waals surface area contributed by atoms with Crippen LogP contribution < -0.4 is 21.7 Å². The van der Waals surface area contributed by atoms with Crippen LogP contribution in [0.1, 0.15) is 53.4 Å². The Kier molecular flexibility index (Phi) is 11.0. The molecule has 5 N–H and O–H groups in total. The van der Waals surface area contributed by atoms with Crippen LogP contribution in [-0.4, -0.2) is 31.6 Å². The fourth-order valence-corrected chi connectivity index (χ4v) is 3.80. The van der Waals surface area contributed by atoms with E-state index in [0.717, 1.165) is 48.5 Å². The molecule has 178 valence electrons. The average molecular weight is 440 g/mol. The number of rotatable bonds is 14. The highest BCUT2D eigenvalue weighted by molar-refractivity contribution is 5.38. The normalized spacial score (nSPS) is 17.4. The number of hydrogen-bond donors (Lipinski definition) is 4. The molecule has 5 heteroatoms. The molecule has 0 saturated carbocycles. The topological polar surface area (TPSA) is 65.3 Å². The summed E-state index contributed by atoms with van der Waals surface area (Å²) < 4.78 is 0. The van der Waals surface area contributed by atoms with Crippen molar-refractivity contribution in [2.24, 2.45) is 11.1 Å². The van der Waals surface area contributed by atoms with Crippen molar-refractivity contribution in [3.63, 3.8) is 0 Å².